The lowest BCUT2D eigenvalue weighted by Gasteiger charge is -2.04. The van der Waals surface area contributed by atoms with E-state index in [0.29, 0.717) is 17.2 Å². The minimum absolute atomic E-state index is 0.0376. The Labute approximate surface area is 99.4 Å². The number of rotatable bonds is 6. The summed E-state index contributed by atoms with van der Waals surface area (Å²) < 4.78 is 18.4. The van der Waals surface area contributed by atoms with E-state index in [0.717, 1.165) is 6.42 Å². The zero-order valence-electron chi connectivity index (χ0n) is 9.13. The van der Waals surface area contributed by atoms with Crippen LogP contribution in [0.2, 0.25) is 5.02 Å². The van der Waals surface area contributed by atoms with Crippen molar-refractivity contribution >= 4 is 17.4 Å². The van der Waals surface area contributed by atoms with Crippen LogP contribution in [-0.2, 0) is 16.0 Å². The number of ether oxygens (including phenoxy) is 1. The van der Waals surface area contributed by atoms with Crippen molar-refractivity contribution in [3.05, 3.63) is 34.6 Å². The molecule has 88 valence electrons. The quantitative estimate of drug-likeness (QED) is 0.719. The molecule has 0 atom stereocenters. The van der Waals surface area contributed by atoms with Gasteiger partial charge in [-0.1, -0.05) is 24.6 Å². The van der Waals surface area contributed by atoms with Gasteiger partial charge in [0.1, 0.15) is 12.4 Å². The summed E-state index contributed by atoms with van der Waals surface area (Å²) in [5.74, 6) is -0.578. The van der Waals surface area contributed by atoms with E-state index in [1.54, 1.807) is 6.07 Å². The summed E-state index contributed by atoms with van der Waals surface area (Å²) in [5.41, 5.74) is 0.356. The molecule has 0 aliphatic heterocycles. The molecule has 16 heavy (non-hydrogen) atoms. The van der Waals surface area contributed by atoms with Crippen LogP contribution in [0.3, 0.4) is 0 Å². The fourth-order valence-electron chi connectivity index (χ4n) is 1.26. The second-order valence-electron chi connectivity index (χ2n) is 3.50. The first-order chi connectivity index (χ1) is 7.63. The highest BCUT2D eigenvalue weighted by molar-refractivity contribution is 6.30. The highest BCUT2D eigenvalue weighted by Crippen LogP contribution is 2.15. The Balaban J connectivity index is 2.49. The standard InChI is InChI=1S/C12H14ClFO2/c1-2-5-16-8-11(15)6-9-3-4-10(13)7-12(9)14/h3-4,7H,2,5-6,8H2,1H3. The van der Waals surface area contributed by atoms with Gasteiger partial charge < -0.3 is 4.74 Å². The molecule has 1 aromatic rings. The second-order valence-corrected chi connectivity index (χ2v) is 3.94. The minimum Gasteiger partial charge on any atom is -0.374 e. The molecule has 0 unspecified atom stereocenters. The first-order valence-electron chi connectivity index (χ1n) is 5.17. The van der Waals surface area contributed by atoms with Crippen LogP contribution in [0.15, 0.2) is 18.2 Å². The Hall–Kier alpha value is -0.930. The van der Waals surface area contributed by atoms with E-state index in [9.17, 15) is 9.18 Å². The molecule has 0 N–H and O–H groups in total. The van der Waals surface area contributed by atoms with Gasteiger partial charge in [0, 0.05) is 18.1 Å². The van der Waals surface area contributed by atoms with Crippen LogP contribution < -0.4 is 0 Å². The zero-order chi connectivity index (χ0) is 12.0. The van der Waals surface area contributed by atoms with Crippen LogP contribution in [-0.4, -0.2) is 19.0 Å². The fourth-order valence-corrected chi connectivity index (χ4v) is 1.42. The lowest BCUT2D eigenvalue weighted by molar-refractivity contribution is -0.122. The number of benzene rings is 1. The predicted octanol–water partition coefficient (Wildman–Crippen LogP) is 3.02. The molecule has 0 saturated heterocycles. The Kier molecular flexibility index (Phi) is 5.43. The van der Waals surface area contributed by atoms with E-state index < -0.39 is 5.82 Å². The van der Waals surface area contributed by atoms with Gasteiger partial charge >= 0.3 is 0 Å². The van der Waals surface area contributed by atoms with Gasteiger partial charge in [-0.25, -0.2) is 4.39 Å². The fraction of sp³-hybridized carbons (Fsp3) is 0.417. The molecule has 0 saturated carbocycles. The Morgan fingerprint density at radius 3 is 2.88 bits per heavy atom. The molecule has 4 heteroatoms. The molecule has 0 aliphatic carbocycles. The van der Waals surface area contributed by atoms with E-state index in [-0.39, 0.29) is 18.8 Å². The molecular weight excluding hydrogens is 231 g/mol. The Morgan fingerprint density at radius 1 is 1.50 bits per heavy atom. The minimum atomic E-state index is -0.448. The van der Waals surface area contributed by atoms with Crippen LogP contribution in [0.1, 0.15) is 18.9 Å². The van der Waals surface area contributed by atoms with Gasteiger partial charge in [-0.2, -0.15) is 0 Å². The van der Waals surface area contributed by atoms with E-state index in [1.165, 1.54) is 12.1 Å². The molecular formula is C12H14ClFO2. The molecule has 0 aromatic heterocycles. The molecule has 2 nitrogen and oxygen atoms in total. The van der Waals surface area contributed by atoms with E-state index >= 15 is 0 Å². The van der Waals surface area contributed by atoms with Crippen molar-refractivity contribution in [2.45, 2.75) is 19.8 Å². The van der Waals surface area contributed by atoms with Crippen LogP contribution in [0.25, 0.3) is 0 Å². The monoisotopic (exact) mass is 244 g/mol. The van der Waals surface area contributed by atoms with Crippen LogP contribution in [0, 0.1) is 5.82 Å². The molecule has 1 aromatic carbocycles. The van der Waals surface area contributed by atoms with Gasteiger partial charge in [0.25, 0.3) is 0 Å². The number of hydrogen-bond donors (Lipinski definition) is 0. The van der Waals surface area contributed by atoms with Crippen molar-refractivity contribution in [1.82, 2.24) is 0 Å². The van der Waals surface area contributed by atoms with Crippen molar-refractivity contribution in [2.75, 3.05) is 13.2 Å². The lowest BCUT2D eigenvalue weighted by Crippen LogP contribution is -2.12. The predicted molar refractivity (Wildman–Crippen MR) is 61.2 cm³/mol. The lowest BCUT2D eigenvalue weighted by atomic mass is 10.1. The molecule has 0 heterocycles. The number of carbonyl (C=O) groups excluding carboxylic acids is 1. The van der Waals surface area contributed by atoms with Gasteiger partial charge in [-0.3, -0.25) is 4.79 Å². The van der Waals surface area contributed by atoms with Crippen molar-refractivity contribution < 1.29 is 13.9 Å². The van der Waals surface area contributed by atoms with Gasteiger partial charge in [0.05, 0.1) is 0 Å². The molecule has 0 spiro atoms. The van der Waals surface area contributed by atoms with E-state index in [4.69, 9.17) is 16.3 Å². The van der Waals surface area contributed by atoms with Crippen molar-refractivity contribution in [3.8, 4) is 0 Å². The number of ketones is 1. The van der Waals surface area contributed by atoms with Crippen molar-refractivity contribution in [3.63, 3.8) is 0 Å². The molecule has 0 bridgehead atoms. The summed E-state index contributed by atoms with van der Waals surface area (Å²) in [6.45, 7) is 2.55. The number of carbonyl (C=O) groups is 1. The molecule has 1 rings (SSSR count). The largest absolute Gasteiger partial charge is 0.374 e. The second kappa shape index (κ2) is 6.61. The molecule has 0 aliphatic rings. The maximum atomic E-state index is 13.3. The summed E-state index contributed by atoms with van der Waals surface area (Å²) >= 11 is 5.61. The van der Waals surface area contributed by atoms with E-state index in [2.05, 4.69) is 0 Å². The van der Waals surface area contributed by atoms with E-state index in [1.807, 2.05) is 6.92 Å². The topological polar surface area (TPSA) is 26.3 Å². The van der Waals surface area contributed by atoms with Crippen LogP contribution >= 0.6 is 11.6 Å². The van der Waals surface area contributed by atoms with Gasteiger partial charge in [-0.15, -0.1) is 0 Å². The average Bonchev–Trinajstić information content (AvgIpc) is 2.23. The first kappa shape index (κ1) is 13.1. The van der Waals surface area contributed by atoms with Gasteiger partial charge in [0.2, 0.25) is 0 Å². The third kappa shape index (κ3) is 4.29. The molecule has 0 amide bonds. The Bertz CT molecular complexity index is 366. The number of halogens is 2. The third-order valence-corrected chi connectivity index (χ3v) is 2.25. The maximum Gasteiger partial charge on any atom is 0.162 e. The molecule has 0 radical (unpaired) electrons. The first-order valence-corrected chi connectivity index (χ1v) is 5.54. The maximum absolute atomic E-state index is 13.3. The normalized spacial score (nSPS) is 10.4. The Morgan fingerprint density at radius 2 is 2.25 bits per heavy atom. The molecule has 0 fully saturated rings. The highest BCUT2D eigenvalue weighted by Gasteiger charge is 2.08. The summed E-state index contributed by atoms with van der Waals surface area (Å²) in [7, 11) is 0. The van der Waals surface area contributed by atoms with Crippen LogP contribution in [0.4, 0.5) is 4.39 Å². The van der Waals surface area contributed by atoms with Crippen molar-refractivity contribution in [1.29, 1.82) is 0 Å². The summed E-state index contributed by atoms with van der Waals surface area (Å²) in [6.07, 6.45) is 0.912. The highest BCUT2D eigenvalue weighted by atomic mass is 35.5. The van der Waals surface area contributed by atoms with Crippen LogP contribution in [0.5, 0.6) is 0 Å². The van der Waals surface area contributed by atoms with Crippen molar-refractivity contribution in [2.24, 2.45) is 0 Å². The zero-order valence-corrected chi connectivity index (χ0v) is 9.89. The van der Waals surface area contributed by atoms with Gasteiger partial charge in [0.15, 0.2) is 5.78 Å². The third-order valence-electron chi connectivity index (χ3n) is 2.01. The summed E-state index contributed by atoms with van der Waals surface area (Å²) in [5, 5.41) is 0.330. The smallest absolute Gasteiger partial charge is 0.162 e. The number of Topliss-reactive ketones (excluding diaryl/α,β-unsaturated/α-hetero) is 1. The number of hydrogen-bond acceptors (Lipinski definition) is 2. The van der Waals surface area contributed by atoms with Gasteiger partial charge in [-0.05, 0) is 24.1 Å². The summed E-state index contributed by atoms with van der Waals surface area (Å²) in [4.78, 5) is 11.4. The summed E-state index contributed by atoms with van der Waals surface area (Å²) in [6, 6.07) is 4.30. The SMILES string of the molecule is CCCOCC(=O)Cc1ccc(Cl)cc1F. The average molecular weight is 245 g/mol.